The van der Waals surface area contributed by atoms with Crippen LogP contribution in [-0.4, -0.2) is 56.8 Å². The lowest BCUT2D eigenvalue weighted by molar-refractivity contribution is -0.121. The number of anilines is 2. The lowest BCUT2D eigenvalue weighted by Gasteiger charge is -2.29. The maximum absolute atomic E-state index is 12.5. The maximum Gasteiger partial charge on any atom is 0.225 e. The van der Waals surface area contributed by atoms with Crippen molar-refractivity contribution in [3.05, 3.63) is 48.0 Å². The van der Waals surface area contributed by atoms with Crippen LogP contribution in [0.1, 0.15) is 37.7 Å². The predicted molar refractivity (Wildman–Crippen MR) is 144 cm³/mol. The zero-order valence-electron chi connectivity index (χ0n) is 21.7. The zero-order valence-corrected chi connectivity index (χ0v) is 21.7. The molecule has 0 atom stereocenters. The van der Waals surface area contributed by atoms with E-state index in [0.717, 1.165) is 66.0 Å². The number of ether oxygens (including phenoxy) is 2. The number of rotatable bonds is 10. The lowest BCUT2D eigenvalue weighted by Crippen LogP contribution is -2.34. The van der Waals surface area contributed by atoms with Gasteiger partial charge >= 0.3 is 0 Å². The Morgan fingerprint density at radius 1 is 1.03 bits per heavy atom. The van der Waals surface area contributed by atoms with Gasteiger partial charge in [-0.3, -0.25) is 4.79 Å². The van der Waals surface area contributed by atoms with E-state index in [1.165, 1.54) is 0 Å². The van der Waals surface area contributed by atoms with Gasteiger partial charge in [0.2, 0.25) is 11.9 Å². The van der Waals surface area contributed by atoms with Gasteiger partial charge in [0.1, 0.15) is 17.3 Å². The number of hydrogen-bond donors (Lipinski definition) is 2. The van der Waals surface area contributed by atoms with Crippen molar-refractivity contribution in [2.45, 2.75) is 44.6 Å². The standard InChI is InChI=1S/C28H37N5O3/c1-33(2)27-23-7-5-6-8-24(23)31-28(32-27)30-21-12-9-19(10-13-21)18-29-26(34)16-11-20-17-22(35-3)14-15-25(20)36-4/h5-8,14-15,17,19,21H,9-13,16,18H2,1-4H3,(H,29,34)(H,30,31,32)/t19-,21+. The van der Waals surface area contributed by atoms with Crippen molar-refractivity contribution in [3.63, 3.8) is 0 Å². The first-order valence-corrected chi connectivity index (χ1v) is 12.6. The Morgan fingerprint density at radius 2 is 1.81 bits per heavy atom. The number of aromatic nitrogens is 2. The summed E-state index contributed by atoms with van der Waals surface area (Å²) in [4.78, 5) is 24.0. The average Bonchev–Trinajstić information content (AvgIpc) is 2.90. The van der Waals surface area contributed by atoms with E-state index in [0.29, 0.717) is 30.7 Å². The number of hydrogen-bond acceptors (Lipinski definition) is 7. The summed E-state index contributed by atoms with van der Waals surface area (Å²) in [5, 5.41) is 7.74. The molecule has 0 radical (unpaired) electrons. The molecular weight excluding hydrogens is 454 g/mol. The highest BCUT2D eigenvalue weighted by Crippen LogP contribution is 2.28. The third kappa shape index (κ3) is 6.36. The highest BCUT2D eigenvalue weighted by Gasteiger charge is 2.23. The second-order valence-corrected chi connectivity index (χ2v) is 9.63. The molecule has 0 spiro atoms. The third-order valence-corrected chi connectivity index (χ3v) is 6.88. The Morgan fingerprint density at radius 3 is 2.53 bits per heavy atom. The molecule has 36 heavy (non-hydrogen) atoms. The number of aryl methyl sites for hydroxylation is 1. The van der Waals surface area contributed by atoms with Gasteiger partial charge in [0.25, 0.3) is 0 Å². The first kappa shape index (κ1) is 25.5. The van der Waals surface area contributed by atoms with Crippen LogP contribution in [0.15, 0.2) is 42.5 Å². The number of fused-ring (bicyclic) bond motifs is 1. The number of nitrogens with zero attached hydrogens (tertiary/aromatic N) is 3. The van der Waals surface area contributed by atoms with Gasteiger partial charge in [0.15, 0.2) is 0 Å². The van der Waals surface area contributed by atoms with Gasteiger partial charge in [0, 0.05) is 38.5 Å². The minimum Gasteiger partial charge on any atom is -0.497 e. The van der Waals surface area contributed by atoms with E-state index in [9.17, 15) is 4.79 Å². The molecule has 192 valence electrons. The number of benzene rings is 2. The molecule has 1 aliphatic rings. The van der Waals surface area contributed by atoms with E-state index < -0.39 is 0 Å². The molecular formula is C28H37N5O3. The summed E-state index contributed by atoms with van der Waals surface area (Å²) in [6.07, 6.45) is 5.24. The molecule has 1 aliphatic carbocycles. The van der Waals surface area contributed by atoms with Crippen LogP contribution in [0.3, 0.4) is 0 Å². The molecule has 0 unspecified atom stereocenters. The number of nitrogens with one attached hydrogen (secondary N) is 2. The Labute approximate surface area is 213 Å². The second-order valence-electron chi connectivity index (χ2n) is 9.63. The number of carbonyl (C=O) groups excluding carboxylic acids is 1. The summed E-state index contributed by atoms with van der Waals surface area (Å²) in [5.41, 5.74) is 1.92. The molecule has 1 aromatic heterocycles. The Balaban J connectivity index is 1.24. The van der Waals surface area contributed by atoms with Crippen LogP contribution in [0.5, 0.6) is 11.5 Å². The second kappa shape index (κ2) is 11.9. The van der Waals surface area contributed by atoms with E-state index in [1.807, 2.05) is 55.4 Å². The molecule has 2 N–H and O–H groups in total. The maximum atomic E-state index is 12.5. The molecule has 1 amide bonds. The molecule has 2 aromatic carbocycles. The van der Waals surface area contributed by atoms with E-state index in [-0.39, 0.29) is 5.91 Å². The van der Waals surface area contributed by atoms with E-state index in [1.54, 1.807) is 14.2 Å². The van der Waals surface area contributed by atoms with Gasteiger partial charge in [-0.15, -0.1) is 0 Å². The summed E-state index contributed by atoms with van der Waals surface area (Å²) in [7, 11) is 7.29. The van der Waals surface area contributed by atoms with E-state index in [4.69, 9.17) is 19.4 Å². The lowest BCUT2D eigenvalue weighted by atomic mass is 9.86. The van der Waals surface area contributed by atoms with Gasteiger partial charge in [-0.05, 0) is 73.9 Å². The first-order chi connectivity index (χ1) is 17.5. The van der Waals surface area contributed by atoms with Crippen molar-refractivity contribution in [2.24, 2.45) is 5.92 Å². The monoisotopic (exact) mass is 491 g/mol. The number of para-hydroxylation sites is 1. The van der Waals surface area contributed by atoms with Gasteiger partial charge in [0.05, 0.1) is 19.7 Å². The van der Waals surface area contributed by atoms with Gasteiger partial charge in [-0.1, -0.05) is 12.1 Å². The van der Waals surface area contributed by atoms with Gasteiger partial charge in [-0.25, -0.2) is 4.98 Å². The Hall–Kier alpha value is -3.55. The fourth-order valence-corrected chi connectivity index (χ4v) is 4.83. The zero-order chi connectivity index (χ0) is 25.5. The molecule has 8 nitrogen and oxygen atoms in total. The molecule has 0 saturated heterocycles. The molecule has 0 bridgehead atoms. The molecule has 4 rings (SSSR count). The minimum absolute atomic E-state index is 0.0703. The average molecular weight is 492 g/mol. The van der Waals surface area contributed by atoms with Crippen LogP contribution in [0, 0.1) is 5.92 Å². The van der Waals surface area contributed by atoms with Crippen molar-refractivity contribution < 1.29 is 14.3 Å². The van der Waals surface area contributed by atoms with Crippen LogP contribution < -0.4 is 25.0 Å². The Bertz CT molecular complexity index is 1180. The van der Waals surface area contributed by atoms with Crippen molar-refractivity contribution in [1.29, 1.82) is 0 Å². The van der Waals surface area contributed by atoms with Crippen LogP contribution in [-0.2, 0) is 11.2 Å². The molecule has 1 saturated carbocycles. The highest BCUT2D eigenvalue weighted by atomic mass is 16.5. The molecule has 1 heterocycles. The largest absolute Gasteiger partial charge is 0.497 e. The minimum atomic E-state index is 0.0703. The van der Waals surface area contributed by atoms with E-state index in [2.05, 4.69) is 16.7 Å². The van der Waals surface area contributed by atoms with Gasteiger partial charge < -0.3 is 25.0 Å². The summed E-state index contributed by atoms with van der Waals surface area (Å²) in [5.74, 6) is 3.72. The van der Waals surface area contributed by atoms with Crippen LogP contribution >= 0.6 is 0 Å². The molecule has 3 aromatic rings. The topological polar surface area (TPSA) is 88.6 Å². The van der Waals surface area contributed by atoms with Crippen molar-refractivity contribution in [1.82, 2.24) is 15.3 Å². The number of methoxy groups -OCH3 is 2. The van der Waals surface area contributed by atoms with Crippen molar-refractivity contribution >= 4 is 28.6 Å². The number of carbonyl (C=O) groups is 1. The summed E-state index contributed by atoms with van der Waals surface area (Å²) < 4.78 is 10.7. The fourth-order valence-electron chi connectivity index (χ4n) is 4.83. The Kier molecular flexibility index (Phi) is 8.46. The number of amides is 1. The highest BCUT2D eigenvalue weighted by molar-refractivity contribution is 5.90. The third-order valence-electron chi connectivity index (χ3n) is 6.88. The quantitative estimate of drug-likeness (QED) is 0.434. The SMILES string of the molecule is COc1ccc(OC)c(CCC(=O)NC[C@H]2CC[C@@H](Nc3nc(N(C)C)c4ccccc4n3)CC2)c1. The summed E-state index contributed by atoms with van der Waals surface area (Å²) >= 11 is 0. The normalized spacial score (nSPS) is 17.4. The predicted octanol–water partition coefficient (Wildman–Crippen LogP) is 4.43. The molecule has 0 aliphatic heterocycles. The summed E-state index contributed by atoms with van der Waals surface area (Å²) in [6, 6.07) is 14.1. The van der Waals surface area contributed by atoms with E-state index >= 15 is 0 Å². The smallest absolute Gasteiger partial charge is 0.225 e. The fraction of sp³-hybridized carbons (Fsp3) is 0.464. The summed E-state index contributed by atoms with van der Waals surface area (Å²) in [6.45, 7) is 0.720. The van der Waals surface area contributed by atoms with Crippen LogP contribution in [0.25, 0.3) is 10.9 Å². The van der Waals surface area contributed by atoms with Crippen molar-refractivity contribution in [3.8, 4) is 11.5 Å². The molecule has 8 heteroatoms. The van der Waals surface area contributed by atoms with Crippen molar-refractivity contribution in [2.75, 3.05) is 45.1 Å². The van der Waals surface area contributed by atoms with Crippen LogP contribution in [0.2, 0.25) is 0 Å². The van der Waals surface area contributed by atoms with Gasteiger partial charge in [-0.2, -0.15) is 4.98 Å². The molecule has 1 fully saturated rings. The van der Waals surface area contributed by atoms with Crippen LogP contribution in [0.4, 0.5) is 11.8 Å². The first-order valence-electron chi connectivity index (χ1n) is 12.6.